The molecule has 1 aromatic heterocycles. The zero-order valence-corrected chi connectivity index (χ0v) is 26.9. The molecule has 0 saturated heterocycles. The van der Waals surface area contributed by atoms with Crippen LogP contribution in [0.5, 0.6) is 0 Å². The molecule has 4 heteroatoms. The third-order valence-electron chi connectivity index (χ3n) is 9.25. The smallest absolute Gasteiger partial charge is 0.0491 e. The Kier molecular flexibility index (Phi) is 11.8. The molecule has 4 nitrogen and oxygen atoms in total. The number of allylic oxidation sites excluding steroid dienone is 2. The van der Waals surface area contributed by atoms with Gasteiger partial charge in [-0.05, 0) is 75.2 Å². The van der Waals surface area contributed by atoms with E-state index in [4.69, 9.17) is 0 Å². The lowest BCUT2D eigenvalue weighted by molar-refractivity contribution is 0.180. The van der Waals surface area contributed by atoms with E-state index in [-0.39, 0.29) is 0 Å². The number of hydrogen-bond acceptors (Lipinski definition) is 3. The molecule has 0 spiro atoms. The van der Waals surface area contributed by atoms with Gasteiger partial charge in [-0.3, -0.25) is 0 Å². The van der Waals surface area contributed by atoms with Crippen LogP contribution in [0.2, 0.25) is 0 Å². The molecule has 1 saturated carbocycles. The van der Waals surface area contributed by atoms with Gasteiger partial charge in [0.15, 0.2) is 0 Å². The molecule has 5 rings (SSSR count). The second kappa shape index (κ2) is 14.8. The second-order valence-electron chi connectivity index (χ2n) is 11.3. The predicted molar refractivity (Wildman–Crippen MR) is 181 cm³/mol. The molecule has 0 amide bonds. The van der Waals surface area contributed by atoms with E-state index in [2.05, 4.69) is 137 Å². The largest absolute Gasteiger partial charge is 0.341 e. The van der Waals surface area contributed by atoms with Gasteiger partial charge in [-0.25, -0.2) is 0 Å². The number of likely N-dealkylation sites (N-methyl/N-ethyl adjacent to an activating group) is 3. The number of hydrogen-bond donors (Lipinski definition) is 3. The van der Waals surface area contributed by atoms with Crippen molar-refractivity contribution in [1.82, 2.24) is 20.5 Å². The molecule has 2 aliphatic carbocycles. The second-order valence-corrected chi connectivity index (χ2v) is 11.3. The molecule has 6 unspecified atom stereocenters. The summed E-state index contributed by atoms with van der Waals surface area (Å²) in [6.45, 7) is 22.4. The first-order valence-electron chi connectivity index (χ1n) is 15.5. The average molecular weight is 555 g/mol. The normalized spacial score (nSPS) is 25.5. The van der Waals surface area contributed by atoms with Crippen molar-refractivity contribution in [2.24, 2.45) is 5.92 Å². The summed E-state index contributed by atoms with van der Waals surface area (Å²) in [5, 5.41) is 12.1. The molecular formula is C37H54N4. The lowest BCUT2D eigenvalue weighted by atomic mass is 9.70. The van der Waals surface area contributed by atoms with Gasteiger partial charge in [-0.1, -0.05) is 82.8 Å². The highest BCUT2D eigenvalue weighted by molar-refractivity contribution is 6.00. The van der Waals surface area contributed by atoms with Crippen LogP contribution in [0.15, 0.2) is 79.9 Å². The summed E-state index contributed by atoms with van der Waals surface area (Å²) in [4.78, 5) is 0. The Morgan fingerprint density at radius 2 is 1.59 bits per heavy atom. The number of fused-ring (bicyclic) bond motifs is 3. The van der Waals surface area contributed by atoms with Crippen molar-refractivity contribution in [3.63, 3.8) is 0 Å². The van der Waals surface area contributed by atoms with Gasteiger partial charge >= 0.3 is 0 Å². The zero-order valence-electron chi connectivity index (χ0n) is 26.9. The minimum atomic E-state index is 0.309. The van der Waals surface area contributed by atoms with Crippen molar-refractivity contribution in [3.05, 3.63) is 102 Å². The van der Waals surface area contributed by atoms with Crippen molar-refractivity contribution in [2.45, 2.75) is 77.4 Å². The molecular weight excluding hydrogens is 500 g/mol. The van der Waals surface area contributed by atoms with Crippen molar-refractivity contribution in [3.8, 4) is 0 Å². The van der Waals surface area contributed by atoms with Gasteiger partial charge < -0.3 is 20.5 Å². The maximum Gasteiger partial charge on any atom is 0.0491 e. The van der Waals surface area contributed by atoms with Crippen LogP contribution in [0.4, 0.5) is 0 Å². The van der Waals surface area contributed by atoms with Crippen LogP contribution in [0.3, 0.4) is 0 Å². The molecule has 2 aromatic carbocycles. The molecule has 0 aliphatic heterocycles. The Labute approximate surface area is 250 Å². The summed E-state index contributed by atoms with van der Waals surface area (Å²) in [7, 11) is 6.29. The minimum Gasteiger partial charge on any atom is -0.341 e. The lowest BCUT2D eigenvalue weighted by Gasteiger charge is -2.43. The van der Waals surface area contributed by atoms with E-state index in [1.54, 1.807) is 0 Å². The molecule has 41 heavy (non-hydrogen) atoms. The van der Waals surface area contributed by atoms with Gasteiger partial charge in [0.2, 0.25) is 0 Å². The van der Waals surface area contributed by atoms with Crippen molar-refractivity contribution in [1.29, 1.82) is 0 Å². The van der Waals surface area contributed by atoms with Gasteiger partial charge in [0, 0.05) is 58.7 Å². The summed E-state index contributed by atoms with van der Waals surface area (Å²) < 4.78 is 2.74. The highest BCUT2D eigenvalue weighted by Crippen LogP contribution is 2.53. The van der Waals surface area contributed by atoms with Crippen LogP contribution >= 0.6 is 0 Å². The van der Waals surface area contributed by atoms with Crippen LogP contribution < -0.4 is 16.0 Å². The van der Waals surface area contributed by atoms with E-state index in [0.29, 0.717) is 35.9 Å². The van der Waals surface area contributed by atoms with Gasteiger partial charge in [-0.15, -0.1) is 13.2 Å². The predicted octanol–water partition coefficient (Wildman–Crippen LogP) is 7.99. The lowest BCUT2D eigenvalue weighted by Crippen LogP contribution is -2.53. The van der Waals surface area contributed by atoms with Crippen LogP contribution in [-0.4, -0.2) is 44.3 Å². The van der Waals surface area contributed by atoms with Crippen LogP contribution in [-0.2, 0) is 0 Å². The first-order valence-corrected chi connectivity index (χ1v) is 15.5. The molecule has 1 fully saturated rings. The van der Waals surface area contributed by atoms with Crippen molar-refractivity contribution in [2.75, 3.05) is 27.7 Å². The van der Waals surface area contributed by atoms with Gasteiger partial charge in [0.25, 0.3) is 0 Å². The number of rotatable bonds is 7. The third kappa shape index (κ3) is 5.88. The summed E-state index contributed by atoms with van der Waals surface area (Å²) in [5.41, 5.74) is 9.81. The fourth-order valence-electron chi connectivity index (χ4n) is 7.72. The first-order chi connectivity index (χ1) is 20.0. The maximum absolute atomic E-state index is 4.37. The Hall–Kier alpha value is -2.92. The van der Waals surface area contributed by atoms with Crippen LogP contribution in [0.25, 0.3) is 16.5 Å². The number of nitrogens with zero attached hydrogens (tertiary/aromatic N) is 1. The summed E-state index contributed by atoms with van der Waals surface area (Å²) in [6.07, 6.45) is 4.42. The van der Waals surface area contributed by atoms with Gasteiger partial charge in [-0.2, -0.15) is 0 Å². The fraction of sp³-hybridized carbons (Fsp3) is 0.459. The third-order valence-corrected chi connectivity index (χ3v) is 9.25. The van der Waals surface area contributed by atoms with Crippen molar-refractivity contribution >= 4 is 16.5 Å². The number of para-hydroxylation sites is 1. The SMILES string of the molecule is C=C.C=CC1=C(CNC)C(c2ccccc2C)C(C)c2c1c1ccccc1n2C1CC(C)C(NC)C(NC)C1.CC. The molecule has 0 bridgehead atoms. The number of nitrogens with one attached hydrogen (secondary N) is 3. The molecule has 3 N–H and O–H groups in total. The Morgan fingerprint density at radius 3 is 2.20 bits per heavy atom. The Morgan fingerprint density at radius 1 is 0.927 bits per heavy atom. The van der Waals surface area contributed by atoms with E-state index < -0.39 is 0 Å². The Bertz CT molecular complexity index is 1330. The van der Waals surface area contributed by atoms with E-state index >= 15 is 0 Å². The van der Waals surface area contributed by atoms with Crippen LogP contribution in [0, 0.1) is 12.8 Å². The topological polar surface area (TPSA) is 41.0 Å². The average Bonchev–Trinajstić information content (AvgIpc) is 3.35. The van der Waals surface area contributed by atoms with E-state index in [1.807, 2.05) is 13.8 Å². The summed E-state index contributed by atoms with van der Waals surface area (Å²) in [6, 6.07) is 19.4. The van der Waals surface area contributed by atoms with E-state index in [9.17, 15) is 0 Å². The van der Waals surface area contributed by atoms with Gasteiger partial charge in [0.1, 0.15) is 0 Å². The molecule has 3 aromatic rings. The Balaban J connectivity index is 0.00000111. The fourth-order valence-corrected chi connectivity index (χ4v) is 7.72. The van der Waals surface area contributed by atoms with Crippen molar-refractivity contribution < 1.29 is 0 Å². The van der Waals surface area contributed by atoms with E-state index in [1.165, 1.54) is 50.9 Å². The van der Waals surface area contributed by atoms with Gasteiger partial charge in [0.05, 0.1) is 0 Å². The number of aromatic nitrogens is 1. The maximum atomic E-state index is 4.37. The first kappa shape index (κ1) is 32.6. The minimum absolute atomic E-state index is 0.309. The highest BCUT2D eigenvalue weighted by Gasteiger charge is 2.41. The molecule has 6 atom stereocenters. The highest BCUT2D eigenvalue weighted by atomic mass is 15.1. The summed E-state index contributed by atoms with van der Waals surface area (Å²) >= 11 is 0. The molecule has 222 valence electrons. The summed E-state index contributed by atoms with van der Waals surface area (Å²) in [5.74, 6) is 1.24. The monoisotopic (exact) mass is 554 g/mol. The van der Waals surface area contributed by atoms with Crippen LogP contribution in [0.1, 0.15) is 80.8 Å². The molecule has 0 radical (unpaired) electrons. The molecule has 1 heterocycles. The standard InChI is InChI=1S/C33H44N4.C2H6.C2H4/c1-8-24-27(19-34-5)30(25-14-10-9-13-20(25)2)22(4)33-31(24)26-15-11-12-16-29(26)37(33)23-17-21(3)32(36-7)28(18-23)35-6;2*1-2/h8-16,21-23,28,30,32,34-36H,1,17-19H2,2-7H3;1-2H3;1-2H2. The number of benzene rings is 2. The zero-order chi connectivity index (χ0) is 30.3. The number of aryl methyl sites for hydroxylation is 1. The molecule has 2 aliphatic rings. The van der Waals surface area contributed by atoms with E-state index in [0.717, 1.165) is 13.0 Å². The quantitative estimate of drug-likeness (QED) is 0.259.